The number of methoxy groups -OCH3 is 1. The number of hydrogen-bond donors (Lipinski definition) is 2. The van der Waals surface area contributed by atoms with Gasteiger partial charge in [-0.2, -0.15) is 4.72 Å². The number of benzene rings is 2. The molecular weight excluding hydrogens is 418 g/mol. The van der Waals surface area contributed by atoms with Crippen LogP contribution in [0.1, 0.15) is 26.3 Å². The standard InChI is InChI=1S/C22H27N3O5S/c1-14(2)21(22(27)23-17-5-7-18(30-4)8-6-17)24-31(28,29)19-9-10-20-16(13-19)11-12-25(20)15(3)26/h5-10,13-14,21,24H,11-12H2,1-4H3,(H,23,27)/t21-/m1/s1. The van der Waals surface area contributed by atoms with Crippen molar-refractivity contribution in [3.8, 4) is 5.75 Å². The number of carbonyl (C=O) groups excluding carboxylic acids is 2. The van der Waals surface area contributed by atoms with Crippen molar-refractivity contribution < 1.29 is 22.7 Å². The number of ether oxygens (including phenoxy) is 1. The van der Waals surface area contributed by atoms with E-state index in [2.05, 4.69) is 10.0 Å². The van der Waals surface area contributed by atoms with Gasteiger partial charge in [-0.15, -0.1) is 0 Å². The third-order valence-electron chi connectivity index (χ3n) is 5.23. The summed E-state index contributed by atoms with van der Waals surface area (Å²) in [6, 6.07) is 10.5. The Bertz CT molecular complexity index is 1080. The molecule has 1 atom stereocenters. The maximum atomic E-state index is 13.0. The van der Waals surface area contributed by atoms with Crippen molar-refractivity contribution >= 4 is 33.2 Å². The summed E-state index contributed by atoms with van der Waals surface area (Å²) in [5, 5.41) is 2.74. The molecule has 0 saturated heterocycles. The molecular formula is C22H27N3O5S. The highest BCUT2D eigenvalue weighted by molar-refractivity contribution is 7.89. The minimum atomic E-state index is -3.95. The Hall–Kier alpha value is -2.91. The normalized spacial score (nSPS) is 14.3. The first-order chi connectivity index (χ1) is 14.6. The number of nitrogens with zero attached hydrogens (tertiary/aromatic N) is 1. The van der Waals surface area contributed by atoms with Crippen LogP contribution in [0, 0.1) is 5.92 Å². The lowest BCUT2D eigenvalue weighted by Gasteiger charge is -2.22. The summed E-state index contributed by atoms with van der Waals surface area (Å²) in [7, 11) is -2.40. The summed E-state index contributed by atoms with van der Waals surface area (Å²) in [5.74, 6) is -0.162. The van der Waals surface area contributed by atoms with E-state index in [1.165, 1.54) is 13.0 Å². The van der Waals surface area contributed by atoms with E-state index >= 15 is 0 Å². The van der Waals surface area contributed by atoms with Crippen LogP contribution in [0.4, 0.5) is 11.4 Å². The van der Waals surface area contributed by atoms with Crippen LogP contribution < -0.4 is 19.7 Å². The Balaban J connectivity index is 1.78. The summed E-state index contributed by atoms with van der Waals surface area (Å²) in [6.07, 6.45) is 0.587. The first-order valence-electron chi connectivity index (χ1n) is 10.0. The molecule has 0 radical (unpaired) electrons. The summed E-state index contributed by atoms with van der Waals surface area (Å²) in [4.78, 5) is 26.2. The second-order valence-corrected chi connectivity index (χ2v) is 9.49. The van der Waals surface area contributed by atoms with Crippen LogP contribution in [-0.4, -0.2) is 39.9 Å². The number of nitrogens with one attached hydrogen (secondary N) is 2. The highest BCUT2D eigenvalue weighted by Gasteiger charge is 2.30. The van der Waals surface area contributed by atoms with Crippen LogP contribution in [0.5, 0.6) is 5.75 Å². The zero-order chi connectivity index (χ0) is 22.8. The molecule has 0 saturated carbocycles. The Kier molecular flexibility index (Phi) is 6.66. The predicted octanol–water partition coefficient (Wildman–Crippen LogP) is 2.55. The number of anilines is 2. The van der Waals surface area contributed by atoms with E-state index in [0.29, 0.717) is 24.4 Å². The molecule has 0 aromatic heterocycles. The van der Waals surface area contributed by atoms with Gasteiger partial charge < -0.3 is 15.0 Å². The fourth-order valence-corrected chi connectivity index (χ4v) is 4.89. The van der Waals surface area contributed by atoms with E-state index in [9.17, 15) is 18.0 Å². The minimum absolute atomic E-state index is 0.0690. The largest absolute Gasteiger partial charge is 0.497 e. The van der Waals surface area contributed by atoms with Crippen molar-refractivity contribution in [2.75, 3.05) is 23.9 Å². The smallest absolute Gasteiger partial charge is 0.242 e. The van der Waals surface area contributed by atoms with Gasteiger partial charge in [0.2, 0.25) is 21.8 Å². The van der Waals surface area contributed by atoms with Gasteiger partial charge in [0.15, 0.2) is 0 Å². The fraction of sp³-hybridized carbons (Fsp3) is 0.364. The highest BCUT2D eigenvalue weighted by atomic mass is 32.2. The number of hydrogen-bond acceptors (Lipinski definition) is 5. The summed E-state index contributed by atoms with van der Waals surface area (Å²) >= 11 is 0. The maximum absolute atomic E-state index is 13.0. The lowest BCUT2D eigenvalue weighted by atomic mass is 10.0. The summed E-state index contributed by atoms with van der Waals surface area (Å²) < 4.78 is 33.7. The molecule has 0 spiro atoms. The molecule has 1 heterocycles. The van der Waals surface area contributed by atoms with Crippen molar-refractivity contribution in [3.63, 3.8) is 0 Å². The maximum Gasteiger partial charge on any atom is 0.242 e. The van der Waals surface area contributed by atoms with Gasteiger partial charge in [-0.3, -0.25) is 9.59 Å². The van der Waals surface area contributed by atoms with Crippen LogP contribution in [0.3, 0.4) is 0 Å². The molecule has 1 aliphatic heterocycles. The Morgan fingerprint density at radius 1 is 1.10 bits per heavy atom. The molecule has 1 aliphatic rings. The molecule has 3 rings (SSSR count). The Morgan fingerprint density at radius 3 is 2.35 bits per heavy atom. The van der Waals surface area contributed by atoms with Gasteiger partial charge in [0.1, 0.15) is 11.8 Å². The second-order valence-electron chi connectivity index (χ2n) is 7.77. The molecule has 0 fully saturated rings. The van der Waals surface area contributed by atoms with Crippen LogP contribution >= 0.6 is 0 Å². The lowest BCUT2D eigenvalue weighted by molar-refractivity contribution is -0.118. The van der Waals surface area contributed by atoms with E-state index in [0.717, 1.165) is 11.3 Å². The van der Waals surface area contributed by atoms with Gasteiger partial charge >= 0.3 is 0 Å². The molecule has 8 nitrogen and oxygen atoms in total. The number of carbonyl (C=O) groups is 2. The van der Waals surface area contributed by atoms with E-state index in [-0.39, 0.29) is 16.7 Å². The monoisotopic (exact) mass is 445 g/mol. The summed E-state index contributed by atoms with van der Waals surface area (Å²) in [6.45, 7) is 5.55. The molecule has 0 bridgehead atoms. The second kappa shape index (κ2) is 9.07. The average molecular weight is 446 g/mol. The third kappa shape index (κ3) is 5.05. The van der Waals surface area contributed by atoms with Crippen LogP contribution in [0.15, 0.2) is 47.4 Å². The van der Waals surface area contributed by atoms with Crippen molar-refractivity contribution in [2.45, 2.75) is 38.1 Å². The number of rotatable bonds is 7. The minimum Gasteiger partial charge on any atom is -0.497 e. The highest BCUT2D eigenvalue weighted by Crippen LogP contribution is 2.30. The fourth-order valence-electron chi connectivity index (χ4n) is 3.49. The first-order valence-corrected chi connectivity index (χ1v) is 11.5. The van der Waals surface area contributed by atoms with Crippen molar-refractivity contribution in [1.29, 1.82) is 0 Å². The average Bonchev–Trinajstić information content (AvgIpc) is 3.16. The zero-order valence-corrected chi connectivity index (χ0v) is 18.8. The van der Waals surface area contributed by atoms with Crippen LogP contribution in [0.2, 0.25) is 0 Å². The third-order valence-corrected chi connectivity index (χ3v) is 6.66. The van der Waals surface area contributed by atoms with Crippen LogP contribution in [0.25, 0.3) is 0 Å². The molecule has 0 unspecified atom stereocenters. The van der Waals surface area contributed by atoms with Crippen molar-refractivity contribution in [1.82, 2.24) is 4.72 Å². The van der Waals surface area contributed by atoms with Crippen LogP contribution in [-0.2, 0) is 26.0 Å². The molecule has 2 amide bonds. The topological polar surface area (TPSA) is 105 Å². The molecule has 31 heavy (non-hydrogen) atoms. The number of fused-ring (bicyclic) bond motifs is 1. The predicted molar refractivity (Wildman–Crippen MR) is 119 cm³/mol. The quantitative estimate of drug-likeness (QED) is 0.682. The molecule has 2 aromatic carbocycles. The van der Waals surface area contributed by atoms with E-state index in [1.807, 2.05) is 0 Å². The van der Waals surface area contributed by atoms with Gasteiger partial charge in [0.05, 0.1) is 12.0 Å². The molecule has 9 heteroatoms. The molecule has 166 valence electrons. The SMILES string of the molecule is COc1ccc(NC(=O)[C@H](NS(=O)(=O)c2ccc3c(c2)CCN3C(C)=O)C(C)C)cc1. The van der Waals surface area contributed by atoms with Gasteiger partial charge in [-0.25, -0.2) is 8.42 Å². The summed E-state index contributed by atoms with van der Waals surface area (Å²) in [5.41, 5.74) is 2.06. The number of sulfonamides is 1. The van der Waals surface area contributed by atoms with Crippen molar-refractivity contribution in [3.05, 3.63) is 48.0 Å². The first kappa shape index (κ1) is 22.8. The van der Waals surface area contributed by atoms with Gasteiger partial charge in [-0.05, 0) is 60.4 Å². The Morgan fingerprint density at radius 2 is 1.77 bits per heavy atom. The van der Waals surface area contributed by atoms with E-state index < -0.39 is 22.0 Å². The van der Waals surface area contributed by atoms with E-state index in [1.54, 1.807) is 62.3 Å². The number of amides is 2. The Labute approximate surface area is 182 Å². The van der Waals surface area contributed by atoms with Gasteiger partial charge in [0.25, 0.3) is 0 Å². The lowest BCUT2D eigenvalue weighted by Crippen LogP contribution is -2.47. The van der Waals surface area contributed by atoms with E-state index in [4.69, 9.17) is 4.74 Å². The van der Waals surface area contributed by atoms with Gasteiger partial charge in [-0.1, -0.05) is 13.8 Å². The van der Waals surface area contributed by atoms with Crippen molar-refractivity contribution in [2.24, 2.45) is 5.92 Å². The molecule has 2 N–H and O–H groups in total. The molecule has 2 aromatic rings. The van der Waals surface area contributed by atoms with Gasteiger partial charge in [0, 0.05) is 24.8 Å². The molecule has 0 aliphatic carbocycles. The zero-order valence-electron chi connectivity index (χ0n) is 18.0.